The van der Waals surface area contributed by atoms with Crippen LogP contribution in [0.15, 0.2) is 36.4 Å². The van der Waals surface area contributed by atoms with Gasteiger partial charge in [-0.05, 0) is 36.8 Å². The minimum atomic E-state index is -1.04. The molecule has 2 N–H and O–H groups in total. The lowest BCUT2D eigenvalue weighted by molar-refractivity contribution is -0.114. The molecule has 21 heavy (non-hydrogen) atoms. The van der Waals surface area contributed by atoms with E-state index in [4.69, 9.17) is 0 Å². The van der Waals surface area contributed by atoms with Crippen molar-refractivity contribution in [3.63, 3.8) is 0 Å². The Hall–Kier alpha value is -2.50. The molecule has 110 valence electrons. The molecule has 0 atom stereocenters. The molecule has 0 unspecified atom stereocenters. The number of hydrogen-bond donors (Lipinski definition) is 2. The minimum absolute atomic E-state index is 0.122. The van der Waals surface area contributed by atoms with Crippen molar-refractivity contribution in [1.29, 1.82) is 0 Å². The quantitative estimate of drug-likeness (QED) is 0.906. The summed E-state index contributed by atoms with van der Waals surface area (Å²) < 4.78 is 38.8. The van der Waals surface area contributed by atoms with Crippen LogP contribution in [-0.4, -0.2) is 12.5 Å². The molecule has 0 bridgehead atoms. The number of rotatable bonds is 4. The lowest BCUT2D eigenvalue weighted by Crippen LogP contribution is -2.22. The zero-order chi connectivity index (χ0) is 15.4. The van der Waals surface area contributed by atoms with Crippen LogP contribution in [0.1, 0.15) is 5.56 Å². The molecule has 2 aromatic carbocycles. The van der Waals surface area contributed by atoms with Crippen molar-refractivity contribution in [1.82, 2.24) is 0 Å². The maximum absolute atomic E-state index is 13.1. The summed E-state index contributed by atoms with van der Waals surface area (Å²) in [4.78, 5) is 11.7. The van der Waals surface area contributed by atoms with Crippen molar-refractivity contribution in [2.24, 2.45) is 0 Å². The molecule has 0 aliphatic carbocycles. The Morgan fingerprint density at radius 2 is 1.81 bits per heavy atom. The van der Waals surface area contributed by atoms with Crippen molar-refractivity contribution in [2.75, 3.05) is 17.2 Å². The van der Waals surface area contributed by atoms with Gasteiger partial charge in [0.2, 0.25) is 5.91 Å². The predicted molar refractivity (Wildman–Crippen MR) is 74.6 cm³/mol. The largest absolute Gasteiger partial charge is 0.376 e. The van der Waals surface area contributed by atoms with Crippen LogP contribution in [0.4, 0.5) is 24.5 Å². The van der Waals surface area contributed by atoms with Crippen LogP contribution >= 0.6 is 0 Å². The highest BCUT2D eigenvalue weighted by Gasteiger charge is 2.07. The van der Waals surface area contributed by atoms with E-state index in [1.165, 1.54) is 18.2 Å². The first-order chi connectivity index (χ1) is 9.95. The number of carbonyl (C=O) groups excluding carboxylic acids is 1. The van der Waals surface area contributed by atoms with Gasteiger partial charge in [-0.1, -0.05) is 6.07 Å². The Kier molecular flexibility index (Phi) is 4.47. The summed E-state index contributed by atoms with van der Waals surface area (Å²) in [6.07, 6.45) is 0. The first-order valence-electron chi connectivity index (χ1n) is 6.20. The van der Waals surface area contributed by atoms with Crippen molar-refractivity contribution in [3.05, 3.63) is 59.4 Å². The van der Waals surface area contributed by atoms with E-state index in [0.29, 0.717) is 5.69 Å². The average molecular weight is 294 g/mol. The average Bonchev–Trinajstić information content (AvgIpc) is 2.44. The van der Waals surface area contributed by atoms with Gasteiger partial charge < -0.3 is 10.6 Å². The Morgan fingerprint density at radius 1 is 1.05 bits per heavy atom. The molecule has 0 saturated carbocycles. The Bertz CT molecular complexity index is 674. The second kappa shape index (κ2) is 6.30. The molecule has 0 radical (unpaired) electrons. The van der Waals surface area contributed by atoms with E-state index in [9.17, 15) is 18.0 Å². The summed E-state index contributed by atoms with van der Waals surface area (Å²) in [6.45, 7) is 1.65. The SMILES string of the molecule is Cc1ccc(F)cc1NCC(=O)Nc1ccc(F)c(F)c1. The summed E-state index contributed by atoms with van der Waals surface area (Å²) >= 11 is 0. The van der Waals surface area contributed by atoms with Crippen LogP contribution in [-0.2, 0) is 4.79 Å². The van der Waals surface area contributed by atoms with Crippen molar-refractivity contribution in [2.45, 2.75) is 6.92 Å². The van der Waals surface area contributed by atoms with Crippen molar-refractivity contribution in [3.8, 4) is 0 Å². The number of hydrogen-bond acceptors (Lipinski definition) is 2. The lowest BCUT2D eigenvalue weighted by atomic mass is 10.2. The van der Waals surface area contributed by atoms with Gasteiger partial charge in [-0.3, -0.25) is 4.79 Å². The van der Waals surface area contributed by atoms with Gasteiger partial charge in [0.25, 0.3) is 0 Å². The van der Waals surface area contributed by atoms with Crippen LogP contribution in [0.5, 0.6) is 0 Å². The van der Waals surface area contributed by atoms with Gasteiger partial charge in [0.1, 0.15) is 5.82 Å². The third-order valence-corrected chi connectivity index (χ3v) is 2.84. The third-order valence-electron chi connectivity index (χ3n) is 2.84. The number of halogens is 3. The summed E-state index contributed by atoms with van der Waals surface area (Å²) in [5, 5.41) is 5.19. The monoisotopic (exact) mass is 294 g/mol. The fourth-order valence-electron chi connectivity index (χ4n) is 1.74. The number of carbonyl (C=O) groups is 1. The van der Waals surface area contributed by atoms with Gasteiger partial charge in [-0.25, -0.2) is 13.2 Å². The van der Waals surface area contributed by atoms with E-state index in [-0.39, 0.29) is 12.2 Å². The van der Waals surface area contributed by atoms with Crippen LogP contribution in [0.25, 0.3) is 0 Å². The number of amides is 1. The zero-order valence-electron chi connectivity index (χ0n) is 11.2. The zero-order valence-corrected chi connectivity index (χ0v) is 11.2. The maximum Gasteiger partial charge on any atom is 0.243 e. The van der Waals surface area contributed by atoms with Crippen LogP contribution < -0.4 is 10.6 Å². The molecule has 0 saturated heterocycles. The van der Waals surface area contributed by atoms with Crippen LogP contribution in [0.2, 0.25) is 0 Å². The molecule has 3 nitrogen and oxygen atoms in total. The van der Waals surface area contributed by atoms with Crippen molar-refractivity contribution >= 4 is 17.3 Å². The van der Waals surface area contributed by atoms with E-state index in [1.807, 2.05) is 0 Å². The highest BCUT2D eigenvalue weighted by molar-refractivity contribution is 5.93. The van der Waals surface area contributed by atoms with Gasteiger partial charge >= 0.3 is 0 Å². The molecule has 2 aromatic rings. The molecule has 0 aromatic heterocycles. The lowest BCUT2D eigenvalue weighted by Gasteiger charge is -2.10. The summed E-state index contributed by atoms with van der Waals surface area (Å²) in [6, 6.07) is 7.26. The standard InChI is InChI=1S/C15H13F3N2O/c1-9-2-3-10(16)6-14(9)19-8-15(21)20-11-4-5-12(17)13(18)7-11/h2-7,19H,8H2,1H3,(H,20,21). The number of aryl methyl sites for hydroxylation is 1. The van der Waals surface area contributed by atoms with Crippen molar-refractivity contribution < 1.29 is 18.0 Å². The van der Waals surface area contributed by atoms with E-state index in [2.05, 4.69) is 10.6 Å². The van der Waals surface area contributed by atoms with Gasteiger partial charge in [0.05, 0.1) is 6.54 Å². The molecule has 6 heteroatoms. The second-order valence-corrected chi connectivity index (χ2v) is 4.49. The number of nitrogens with one attached hydrogen (secondary N) is 2. The van der Waals surface area contributed by atoms with Gasteiger partial charge in [0.15, 0.2) is 11.6 Å². The predicted octanol–water partition coefficient (Wildman–Crippen LogP) is 3.46. The molecular formula is C15H13F3N2O. The highest BCUT2D eigenvalue weighted by atomic mass is 19.2. The first-order valence-corrected chi connectivity index (χ1v) is 6.20. The molecular weight excluding hydrogens is 281 g/mol. The van der Waals surface area contributed by atoms with Gasteiger partial charge in [0, 0.05) is 17.4 Å². The normalized spacial score (nSPS) is 10.3. The smallest absolute Gasteiger partial charge is 0.243 e. The minimum Gasteiger partial charge on any atom is -0.376 e. The summed E-state index contributed by atoms with van der Waals surface area (Å²) in [5.74, 6) is -2.89. The number of anilines is 2. The molecule has 0 fully saturated rings. The van der Waals surface area contributed by atoms with Crippen LogP contribution in [0.3, 0.4) is 0 Å². The molecule has 0 heterocycles. The van der Waals surface area contributed by atoms with E-state index >= 15 is 0 Å². The van der Waals surface area contributed by atoms with Gasteiger partial charge in [-0.2, -0.15) is 0 Å². The highest BCUT2D eigenvalue weighted by Crippen LogP contribution is 2.16. The topological polar surface area (TPSA) is 41.1 Å². The fraction of sp³-hybridized carbons (Fsp3) is 0.133. The van der Waals surface area contributed by atoms with E-state index < -0.39 is 23.4 Å². The Labute approximate surface area is 119 Å². The molecule has 2 rings (SSSR count). The number of benzene rings is 2. The van der Waals surface area contributed by atoms with E-state index in [1.54, 1.807) is 13.0 Å². The Morgan fingerprint density at radius 3 is 2.52 bits per heavy atom. The maximum atomic E-state index is 13.1. The van der Waals surface area contributed by atoms with Gasteiger partial charge in [-0.15, -0.1) is 0 Å². The molecule has 0 spiro atoms. The Balaban J connectivity index is 1.95. The molecule has 0 aliphatic heterocycles. The fourth-order valence-corrected chi connectivity index (χ4v) is 1.74. The van der Waals surface area contributed by atoms with E-state index in [0.717, 1.165) is 17.7 Å². The summed E-state index contributed by atoms with van der Waals surface area (Å²) in [7, 11) is 0. The molecule has 1 amide bonds. The molecule has 0 aliphatic rings. The van der Waals surface area contributed by atoms with Crippen LogP contribution in [0, 0.1) is 24.4 Å². The summed E-state index contributed by atoms with van der Waals surface area (Å²) in [5.41, 5.74) is 1.43. The second-order valence-electron chi connectivity index (χ2n) is 4.49. The first kappa shape index (κ1) is 14.9. The third kappa shape index (κ3) is 3.98.